The van der Waals surface area contributed by atoms with Crippen LogP contribution in [-0.2, 0) is 12.8 Å². The van der Waals surface area contributed by atoms with Gasteiger partial charge in [0.05, 0.1) is 5.69 Å². The van der Waals surface area contributed by atoms with Crippen LogP contribution in [0.5, 0.6) is 0 Å². The van der Waals surface area contributed by atoms with E-state index in [-0.39, 0.29) is 0 Å². The average molecular weight is 293 g/mol. The summed E-state index contributed by atoms with van der Waals surface area (Å²) in [4.78, 5) is 4.80. The highest BCUT2D eigenvalue weighted by Gasteiger charge is 2.22. The molecule has 0 radical (unpaired) electrons. The van der Waals surface area contributed by atoms with Gasteiger partial charge in [0.15, 0.2) is 0 Å². The van der Waals surface area contributed by atoms with E-state index in [4.69, 9.17) is 4.98 Å². The van der Waals surface area contributed by atoms with Gasteiger partial charge < -0.3 is 4.40 Å². The molecule has 0 amide bonds. The molecule has 3 heteroatoms. The van der Waals surface area contributed by atoms with Crippen LogP contribution in [0.1, 0.15) is 36.7 Å². The number of aromatic nitrogens is 2. The number of hydrogen-bond donors (Lipinski definition) is 0. The number of fused-ring (bicyclic) bond motifs is 3. The SMILES string of the molecule is CCC1CCc2nc3c(C)cc(Br)cn3c2C1. The number of nitrogens with zero attached hydrogens (tertiary/aromatic N) is 2. The van der Waals surface area contributed by atoms with Crippen LogP contribution in [0, 0.1) is 12.8 Å². The number of hydrogen-bond acceptors (Lipinski definition) is 1. The molecule has 0 spiro atoms. The summed E-state index contributed by atoms with van der Waals surface area (Å²) >= 11 is 3.58. The minimum atomic E-state index is 0.835. The zero-order chi connectivity index (χ0) is 12.0. The maximum atomic E-state index is 4.80. The van der Waals surface area contributed by atoms with Crippen molar-refractivity contribution in [2.75, 3.05) is 0 Å². The molecule has 17 heavy (non-hydrogen) atoms. The highest BCUT2D eigenvalue weighted by Crippen LogP contribution is 2.29. The van der Waals surface area contributed by atoms with Gasteiger partial charge in [0.1, 0.15) is 5.65 Å². The third kappa shape index (κ3) is 1.81. The minimum Gasteiger partial charge on any atom is -0.302 e. The van der Waals surface area contributed by atoms with Crippen LogP contribution in [0.3, 0.4) is 0 Å². The minimum absolute atomic E-state index is 0.835. The molecule has 0 bridgehead atoms. The molecule has 2 heterocycles. The van der Waals surface area contributed by atoms with Crippen LogP contribution in [0.4, 0.5) is 0 Å². The van der Waals surface area contributed by atoms with E-state index in [1.807, 2.05) is 0 Å². The summed E-state index contributed by atoms with van der Waals surface area (Å²) in [7, 11) is 0. The van der Waals surface area contributed by atoms with Crippen LogP contribution < -0.4 is 0 Å². The van der Waals surface area contributed by atoms with Crippen molar-refractivity contribution >= 4 is 21.6 Å². The maximum absolute atomic E-state index is 4.80. The second kappa shape index (κ2) is 4.13. The molecule has 0 saturated heterocycles. The Hall–Kier alpha value is -0.830. The van der Waals surface area contributed by atoms with Crippen molar-refractivity contribution in [1.29, 1.82) is 0 Å². The number of imidazole rings is 1. The Balaban J connectivity index is 2.20. The Morgan fingerprint density at radius 3 is 3.12 bits per heavy atom. The summed E-state index contributed by atoms with van der Waals surface area (Å²) in [6.45, 7) is 4.43. The largest absolute Gasteiger partial charge is 0.302 e. The number of pyridine rings is 1. The molecule has 1 atom stereocenters. The van der Waals surface area contributed by atoms with Gasteiger partial charge in [0.25, 0.3) is 0 Å². The number of aryl methyl sites for hydroxylation is 2. The van der Waals surface area contributed by atoms with Gasteiger partial charge in [-0.05, 0) is 59.7 Å². The molecule has 1 unspecified atom stereocenters. The van der Waals surface area contributed by atoms with Crippen molar-refractivity contribution in [3.63, 3.8) is 0 Å². The van der Waals surface area contributed by atoms with Gasteiger partial charge in [-0.2, -0.15) is 0 Å². The Morgan fingerprint density at radius 1 is 1.53 bits per heavy atom. The molecule has 2 aromatic rings. The average Bonchev–Trinajstić information content (AvgIpc) is 2.67. The van der Waals surface area contributed by atoms with Crippen molar-refractivity contribution in [2.24, 2.45) is 5.92 Å². The van der Waals surface area contributed by atoms with Gasteiger partial charge in [-0.3, -0.25) is 0 Å². The van der Waals surface area contributed by atoms with Crippen molar-refractivity contribution < 1.29 is 0 Å². The molecular weight excluding hydrogens is 276 g/mol. The van der Waals surface area contributed by atoms with Crippen molar-refractivity contribution in [3.8, 4) is 0 Å². The van der Waals surface area contributed by atoms with Crippen LogP contribution in [-0.4, -0.2) is 9.38 Å². The molecular formula is C14H17BrN2. The summed E-state index contributed by atoms with van der Waals surface area (Å²) in [5.74, 6) is 0.835. The zero-order valence-corrected chi connectivity index (χ0v) is 11.9. The van der Waals surface area contributed by atoms with Gasteiger partial charge >= 0.3 is 0 Å². The molecule has 0 aliphatic heterocycles. The molecule has 1 aliphatic carbocycles. The van der Waals surface area contributed by atoms with Gasteiger partial charge in [0, 0.05) is 16.4 Å². The monoisotopic (exact) mass is 292 g/mol. The standard InChI is InChI=1S/C14H17BrN2/c1-3-10-4-5-12-13(7-10)17-8-11(15)6-9(2)14(17)16-12/h6,8,10H,3-5,7H2,1-2H3. The Bertz CT molecular complexity index is 571. The van der Waals surface area contributed by atoms with E-state index in [0.717, 1.165) is 22.5 Å². The molecule has 0 saturated carbocycles. The first-order chi connectivity index (χ1) is 8.19. The lowest BCUT2D eigenvalue weighted by Crippen LogP contribution is -2.14. The lowest BCUT2D eigenvalue weighted by molar-refractivity contribution is 0.435. The van der Waals surface area contributed by atoms with Gasteiger partial charge in [-0.25, -0.2) is 4.98 Å². The van der Waals surface area contributed by atoms with Crippen LogP contribution in [0.25, 0.3) is 5.65 Å². The second-order valence-corrected chi connectivity index (χ2v) is 5.97. The quantitative estimate of drug-likeness (QED) is 0.779. The fraction of sp³-hybridized carbons (Fsp3) is 0.500. The molecule has 0 N–H and O–H groups in total. The van der Waals surface area contributed by atoms with Crippen molar-refractivity contribution in [3.05, 3.63) is 33.7 Å². The van der Waals surface area contributed by atoms with Crippen molar-refractivity contribution in [2.45, 2.75) is 39.5 Å². The number of halogens is 1. The smallest absolute Gasteiger partial charge is 0.140 e. The summed E-state index contributed by atoms with van der Waals surface area (Å²) < 4.78 is 3.43. The van der Waals surface area contributed by atoms with Gasteiger partial charge in [-0.15, -0.1) is 0 Å². The van der Waals surface area contributed by atoms with E-state index in [1.54, 1.807) is 0 Å². The molecule has 90 valence electrons. The van der Waals surface area contributed by atoms with Crippen LogP contribution in [0.15, 0.2) is 16.7 Å². The molecule has 1 aliphatic rings. The molecule has 3 rings (SSSR count). The molecule has 2 aromatic heterocycles. The van der Waals surface area contributed by atoms with E-state index in [9.17, 15) is 0 Å². The van der Waals surface area contributed by atoms with Crippen LogP contribution >= 0.6 is 15.9 Å². The van der Waals surface area contributed by atoms with E-state index < -0.39 is 0 Å². The first-order valence-electron chi connectivity index (χ1n) is 6.35. The second-order valence-electron chi connectivity index (χ2n) is 5.06. The maximum Gasteiger partial charge on any atom is 0.140 e. The normalized spacial score (nSPS) is 19.6. The van der Waals surface area contributed by atoms with Gasteiger partial charge in [-0.1, -0.05) is 13.3 Å². The van der Waals surface area contributed by atoms with E-state index >= 15 is 0 Å². The molecule has 0 fully saturated rings. The Morgan fingerprint density at radius 2 is 2.35 bits per heavy atom. The van der Waals surface area contributed by atoms with E-state index in [0.29, 0.717) is 0 Å². The van der Waals surface area contributed by atoms with Crippen LogP contribution in [0.2, 0.25) is 0 Å². The fourth-order valence-electron chi connectivity index (χ4n) is 2.84. The van der Waals surface area contributed by atoms with E-state index in [1.165, 1.54) is 36.2 Å². The molecule has 2 nitrogen and oxygen atoms in total. The van der Waals surface area contributed by atoms with E-state index in [2.05, 4.69) is 46.4 Å². The lowest BCUT2D eigenvalue weighted by atomic mass is 9.88. The van der Waals surface area contributed by atoms with Gasteiger partial charge in [0.2, 0.25) is 0 Å². The topological polar surface area (TPSA) is 17.3 Å². The summed E-state index contributed by atoms with van der Waals surface area (Å²) in [5.41, 5.74) is 5.13. The van der Waals surface area contributed by atoms with Crippen molar-refractivity contribution in [1.82, 2.24) is 9.38 Å². The lowest BCUT2D eigenvalue weighted by Gasteiger charge is -2.20. The Kier molecular flexibility index (Phi) is 2.74. The fourth-order valence-corrected chi connectivity index (χ4v) is 3.39. The predicted octanol–water partition coefficient (Wildman–Crippen LogP) is 3.92. The Labute approximate surface area is 110 Å². The third-order valence-electron chi connectivity index (χ3n) is 3.90. The summed E-state index contributed by atoms with van der Waals surface area (Å²) in [6.07, 6.45) is 7.06. The third-order valence-corrected chi connectivity index (χ3v) is 4.33. The first-order valence-corrected chi connectivity index (χ1v) is 7.14. The molecule has 0 aromatic carbocycles. The summed E-state index contributed by atoms with van der Waals surface area (Å²) in [5, 5.41) is 0. The zero-order valence-electron chi connectivity index (χ0n) is 10.3. The predicted molar refractivity (Wildman–Crippen MR) is 73.4 cm³/mol. The summed E-state index contributed by atoms with van der Waals surface area (Å²) in [6, 6.07) is 2.14. The first kappa shape index (κ1) is 11.3. The number of rotatable bonds is 1. The highest BCUT2D eigenvalue weighted by molar-refractivity contribution is 9.10. The highest BCUT2D eigenvalue weighted by atomic mass is 79.9.